The van der Waals surface area contributed by atoms with E-state index in [1.165, 1.54) is 0 Å². The van der Waals surface area contributed by atoms with E-state index < -0.39 is 5.60 Å². The molecular formula is C21H28BrN5O2. The van der Waals surface area contributed by atoms with Crippen LogP contribution in [0, 0.1) is 17.8 Å². The standard InChI is InChI=1S/C21H28BrN5O2/c1-20(2,3)27-19(26-11-15(22)9-23-26)16(10-24-27)18(28)25-17-13-4-12-5-14(17)8-21(29,6-12)7-13/h9-14,17,29H,4-8H2,1-3H3,(H,25,28). The Morgan fingerprint density at radius 3 is 2.45 bits per heavy atom. The molecule has 2 unspecified atom stereocenters. The van der Waals surface area contributed by atoms with Crippen molar-refractivity contribution in [1.82, 2.24) is 24.9 Å². The average molecular weight is 462 g/mol. The van der Waals surface area contributed by atoms with Crippen molar-refractivity contribution in [2.45, 2.75) is 70.1 Å². The highest BCUT2D eigenvalue weighted by Crippen LogP contribution is 2.55. The summed E-state index contributed by atoms with van der Waals surface area (Å²) in [5.74, 6) is 1.92. The second kappa shape index (κ2) is 6.41. The Morgan fingerprint density at radius 1 is 1.21 bits per heavy atom. The Labute approximate surface area is 179 Å². The Bertz CT molecular complexity index is 943. The van der Waals surface area contributed by atoms with Crippen molar-refractivity contribution in [3.8, 4) is 5.82 Å². The van der Waals surface area contributed by atoms with Crippen molar-refractivity contribution in [1.29, 1.82) is 0 Å². The van der Waals surface area contributed by atoms with Crippen molar-refractivity contribution < 1.29 is 9.90 Å². The van der Waals surface area contributed by atoms with Crippen molar-refractivity contribution in [3.63, 3.8) is 0 Å². The van der Waals surface area contributed by atoms with E-state index in [4.69, 9.17) is 0 Å². The van der Waals surface area contributed by atoms with E-state index in [2.05, 4.69) is 52.2 Å². The van der Waals surface area contributed by atoms with Crippen LogP contribution in [0.15, 0.2) is 23.1 Å². The summed E-state index contributed by atoms with van der Waals surface area (Å²) in [6.07, 6.45) is 9.99. The van der Waals surface area contributed by atoms with Crippen LogP contribution in [-0.2, 0) is 5.54 Å². The molecule has 29 heavy (non-hydrogen) atoms. The molecule has 0 aliphatic heterocycles. The Balaban J connectivity index is 1.46. The summed E-state index contributed by atoms with van der Waals surface area (Å²) in [5, 5.41) is 23.1. The van der Waals surface area contributed by atoms with Gasteiger partial charge in [-0.15, -0.1) is 0 Å². The van der Waals surface area contributed by atoms with E-state index in [-0.39, 0.29) is 17.5 Å². The van der Waals surface area contributed by atoms with Gasteiger partial charge in [-0.25, -0.2) is 9.36 Å². The van der Waals surface area contributed by atoms with Crippen LogP contribution < -0.4 is 5.32 Å². The van der Waals surface area contributed by atoms with Crippen molar-refractivity contribution in [2.24, 2.45) is 17.8 Å². The molecule has 8 heteroatoms. The fourth-order valence-corrected chi connectivity index (χ4v) is 6.36. The van der Waals surface area contributed by atoms with Crippen LogP contribution in [0.5, 0.6) is 0 Å². The van der Waals surface area contributed by atoms with Gasteiger partial charge in [0.25, 0.3) is 5.91 Å². The maximum absolute atomic E-state index is 13.4. The largest absolute Gasteiger partial charge is 0.390 e. The van der Waals surface area contributed by atoms with Crippen LogP contribution in [0.25, 0.3) is 5.82 Å². The lowest BCUT2D eigenvalue weighted by atomic mass is 9.52. The molecular weight excluding hydrogens is 434 g/mol. The fraction of sp³-hybridized carbons (Fsp3) is 0.667. The zero-order valence-electron chi connectivity index (χ0n) is 17.1. The van der Waals surface area contributed by atoms with Gasteiger partial charge < -0.3 is 10.4 Å². The number of aromatic nitrogens is 4. The normalized spacial score (nSPS) is 33.3. The van der Waals surface area contributed by atoms with E-state index in [0.29, 0.717) is 29.1 Å². The van der Waals surface area contributed by atoms with Gasteiger partial charge in [0.05, 0.1) is 28.0 Å². The number of hydrogen-bond donors (Lipinski definition) is 2. The Hall–Kier alpha value is -1.67. The minimum absolute atomic E-state index is 0.105. The summed E-state index contributed by atoms with van der Waals surface area (Å²) in [7, 11) is 0. The second-order valence-electron chi connectivity index (χ2n) is 10.3. The maximum Gasteiger partial charge on any atom is 0.256 e. The maximum atomic E-state index is 13.4. The summed E-state index contributed by atoms with van der Waals surface area (Å²) in [4.78, 5) is 13.4. The SMILES string of the molecule is CC(C)(C)n1ncc(C(=O)NC2C3CC4CC2CC(O)(C4)C3)c1-n1cc(Br)cn1. The van der Waals surface area contributed by atoms with E-state index in [0.717, 1.165) is 36.6 Å². The third-order valence-electron chi connectivity index (χ3n) is 6.93. The van der Waals surface area contributed by atoms with Crippen LogP contribution in [0.3, 0.4) is 0 Å². The molecule has 4 aliphatic carbocycles. The zero-order chi connectivity index (χ0) is 20.6. The number of rotatable bonds is 3. The first-order chi connectivity index (χ1) is 13.6. The lowest BCUT2D eigenvalue weighted by Crippen LogP contribution is -2.61. The van der Waals surface area contributed by atoms with Crippen molar-refractivity contribution in [3.05, 3.63) is 28.6 Å². The molecule has 2 heterocycles. The molecule has 2 atom stereocenters. The predicted octanol–water partition coefficient (Wildman–Crippen LogP) is 3.26. The fourth-order valence-electron chi connectivity index (χ4n) is 6.08. The molecule has 6 rings (SSSR count). The average Bonchev–Trinajstić information content (AvgIpc) is 3.22. The molecule has 156 valence electrons. The molecule has 4 saturated carbocycles. The highest BCUT2D eigenvalue weighted by atomic mass is 79.9. The Kier molecular flexibility index (Phi) is 4.27. The molecule has 2 aromatic rings. The minimum atomic E-state index is -0.499. The molecule has 2 aromatic heterocycles. The number of carbonyl (C=O) groups is 1. The number of halogens is 1. The molecule has 4 bridgehead atoms. The molecule has 4 fully saturated rings. The molecule has 0 radical (unpaired) electrons. The second-order valence-corrected chi connectivity index (χ2v) is 11.2. The van der Waals surface area contributed by atoms with Crippen LogP contribution in [-0.4, -0.2) is 42.2 Å². The van der Waals surface area contributed by atoms with E-state index in [1.807, 2.05) is 10.9 Å². The summed E-state index contributed by atoms with van der Waals surface area (Å²) in [6, 6.07) is 0.134. The number of aliphatic hydroxyl groups is 1. The highest BCUT2D eigenvalue weighted by molar-refractivity contribution is 9.10. The molecule has 2 N–H and O–H groups in total. The molecule has 4 aliphatic rings. The molecule has 0 saturated heterocycles. The first-order valence-corrected chi connectivity index (χ1v) is 11.2. The van der Waals surface area contributed by atoms with Gasteiger partial charge in [0.2, 0.25) is 0 Å². The Morgan fingerprint density at radius 2 is 1.90 bits per heavy atom. The lowest BCUT2D eigenvalue weighted by molar-refractivity contribution is -0.136. The molecule has 1 amide bonds. The number of amides is 1. The highest BCUT2D eigenvalue weighted by Gasteiger charge is 2.55. The van der Waals surface area contributed by atoms with Gasteiger partial charge in [-0.1, -0.05) is 0 Å². The van der Waals surface area contributed by atoms with Gasteiger partial charge in [-0.2, -0.15) is 10.2 Å². The van der Waals surface area contributed by atoms with Crippen molar-refractivity contribution in [2.75, 3.05) is 0 Å². The summed E-state index contributed by atoms with van der Waals surface area (Å²) in [5.41, 5.74) is -0.262. The summed E-state index contributed by atoms with van der Waals surface area (Å²) in [6.45, 7) is 6.17. The van der Waals surface area contributed by atoms with Gasteiger partial charge in [0.1, 0.15) is 5.56 Å². The van der Waals surface area contributed by atoms with E-state index in [1.54, 1.807) is 17.1 Å². The van der Waals surface area contributed by atoms with Gasteiger partial charge in [-0.05, 0) is 86.6 Å². The van der Waals surface area contributed by atoms with E-state index >= 15 is 0 Å². The van der Waals surface area contributed by atoms with Crippen LogP contribution in [0.1, 0.15) is 63.2 Å². The monoisotopic (exact) mass is 461 g/mol. The summed E-state index contributed by atoms with van der Waals surface area (Å²) >= 11 is 3.44. The van der Waals surface area contributed by atoms with Gasteiger partial charge in [-0.3, -0.25) is 4.79 Å². The number of hydrogen-bond acceptors (Lipinski definition) is 4. The third-order valence-corrected chi connectivity index (χ3v) is 7.34. The number of nitrogens with one attached hydrogen (secondary N) is 1. The summed E-state index contributed by atoms with van der Waals surface area (Å²) < 4.78 is 4.40. The van der Waals surface area contributed by atoms with Crippen molar-refractivity contribution >= 4 is 21.8 Å². The number of carbonyl (C=O) groups excluding carboxylic acids is 1. The molecule has 0 spiro atoms. The lowest BCUT2D eigenvalue weighted by Gasteiger charge is -2.58. The van der Waals surface area contributed by atoms with Gasteiger partial charge in [0.15, 0.2) is 5.82 Å². The topological polar surface area (TPSA) is 85.0 Å². The zero-order valence-corrected chi connectivity index (χ0v) is 18.7. The van der Waals surface area contributed by atoms with Crippen LogP contribution in [0.4, 0.5) is 0 Å². The van der Waals surface area contributed by atoms with Gasteiger partial charge >= 0.3 is 0 Å². The van der Waals surface area contributed by atoms with Gasteiger partial charge in [0, 0.05) is 12.2 Å². The third kappa shape index (κ3) is 3.24. The first kappa shape index (κ1) is 19.3. The molecule has 0 aromatic carbocycles. The van der Waals surface area contributed by atoms with Crippen LogP contribution in [0.2, 0.25) is 0 Å². The molecule has 7 nitrogen and oxygen atoms in total. The number of nitrogens with zero attached hydrogens (tertiary/aromatic N) is 4. The minimum Gasteiger partial charge on any atom is -0.390 e. The predicted molar refractivity (Wildman–Crippen MR) is 112 cm³/mol. The quantitative estimate of drug-likeness (QED) is 0.734. The smallest absolute Gasteiger partial charge is 0.256 e. The van der Waals surface area contributed by atoms with Crippen LogP contribution >= 0.6 is 15.9 Å². The first-order valence-electron chi connectivity index (χ1n) is 10.5. The van der Waals surface area contributed by atoms with E-state index in [9.17, 15) is 9.90 Å².